The predicted octanol–water partition coefficient (Wildman–Crippen LogP) is 11.3. The minimum Gasteiger partial charge on any atom is -0.455 e. The van der Waals surface area contributed by atoms with E-state index in [1.807, 2.05) is 6.92 Å². The van der Waals surface area contributed by atoms with Crippen LogP contribution < -0.4 is 24.4 Å². The monoisotopic (exact) mass is 1080 g/mol. The van der Waals surface area contributed by atoms with Crippen molar-refractivity contribution in [3.8, 4) is 17.2 Å². The molecule has 4 fully saturated rings. The van der Waals surface area contributed by atoms with E-state index < -0.39 is 38.6 Å². The number of hydrogen-bond acceptors (Lipinski definition) is 14. The molecule has 77 heavy (non-hydrogen) atoms. The van der Waals surface area contributed by atoms with Crippen LogP contribution in [0.25, 0.3) is 5.83 Å². The summed E-state index contributed by atoms with van der Waals surface area (Å²) in [6.45, 7) is 11.1. The number of ether oxygens (including phenoxy) is 2. The van der Waals surface area contributed by atoms with Crippen molar-refractivity contribution in [2.75, 3.05) is 49.5 Å². The highest BCUT2D eigenvalue weighted by molar-refractivity contribution is 7.90. The molecule has 408 valence electrons. The van der Waals surface area contributed by atoms with Gasteiger partial charge in [0.1, 0.15) is 28.0 Å². The number of carbonyl (C=O) groups is 1. The minimum absolute atomic E-state index is 0.0276. The Bertz CT molecular complexity index is 3130. The number of anilines is 2. The van der Waals surface area contributed by atoms with Gasteiger partial charge in [-0.1, -0.05) is 50.2 Å². The smallest absolute Gasteiger partial charge is 0.455 e. The molecule has 2 aromatic heterocycles. The molecular weight excluding hydrogens is 1020 g/mol. The number of carbonyl (C=O) groups excluding carboxylic acids is 1. The van der Waals surface area contributed by atoms with Crippen LogP contribution in [0.1, 0.15) is 122 Å². The molecule has 1 spiro atoms. The van der Waals surface area contributed by atoms with E-state index in [4.69, 9.17) is 4.74 Å². The number of nitrogens with zero attached hydrogens (tertiary/aromatic N) is 6. The molecule has 3 aliphatic carbocycles. The van der Waals surface area contributed by atoms with Crippen LogP contribution in [0, 0.1) is 16.2 Å². The average Bonchev–Trinajstić information content (AvgIpc) is 3.78. The Morgan fingerprint density at radius 1 is 0.922 bits per heavy atom. The number of sulfonamides is 1. The number of nitroso groups, excluding NO2 is 1. The van der Waals surface area contributed by atoms with Crippen LogP contribution in [0.4, 0.5) is 34.8 Å². The molecule has 4 heterocycles. The van der Waals surface area contributed by atoms with Crippen molar-refractivity contribution < 1.29 is 45.4 Å². The van der Waals surface area contributed by atoms with Crippen molar-refractivity contribution in [3.05, 3.63) is 136 Å². The van der Waals surface area contributed by atoms with E-state index in [2.05, 4.69) is 82.7 Å². The highest BCUT2D eigenvalue weighted by Gasteiger charge is 2.50. The maximum atomic E-state index is 14.8. The normalized spacial score (nSPS) is 22.0. The number of aliphatic hydroxyl groups is 1. The van der Waals surface area contributed by atoms with E-state index in [0.29, 0.717) is 50.0 Å². The van der Waals surface area contributed by atoms with Gasteiger partial charge < -0.3 is 24.8 Å². The van der Waals surface area contributed by atoms with Crippen LogP contribution in [0.2, 0.25) is 0 Å². The fraction of sp³-hybridized carbons (Fsp3) is 0.456. The third-order valence-electron chi connectivity index (χ3n) is 16.4. The Morgan fingerprint density at radius 3 is 2.38 bits per heavy atom. The average molecular weight is 1080 g/mol. The van der Waals surface area contributed by atoms with Crippen molar-refractivity contribution in [3.63, 3.8) is 0 Å². The van der Waals surface area contributed by atoms with Gasteiger partial charge in [-0.15, -0.1) is 18.1 Å². The topological polar surface area (TPSA) is 179 Å². The zero-order valence-corrected chi connectivity index (χ0v) is 44.2. The lowest BCUT2D eigenvalue weighted by Gasteiger charge is -2.58. The molecule has 0 unspecified atom stereocenters. The number of rotatable bonds is 16. The number of halogens is 4. The number of fused-ring (bicyclic) bond motifs is 1. The number of hydrogen-bond donors (Lipinski definition) is 3. The molecule has 3 aromatic carbocycles. The summed E-state index contributed by atoms with van der Waals surface area (Å²) < 4.78 is 93.4. The minimum atomic E-state index is -4.75. The maximum absolute atomic E-state index is 14.8. The summed E-state index contributed by atoms with van der Waals surface area (Å²) in [7, 11) is -4.60. The van der Waals surface area contributed by atoms with Gasteiger partial charge in [-0.25, -0.2) is 22.5 Å². The quantitative estimate of drug-likeness (QED) is 0.0628. The van der Waals surface area contributed by atoms with E-state index in [1.54, 1.807) is 24.3 Å². The van der Waals surface area contributed by atoms with Gasteiger partial charge in [-0.05, 0) is 140 Å². The van der Waals surface area contributed by atoms with Gasteiger partial charge in [0, 0.05) is 87.8 Å². The molecule has 15 nitrogen and oxygen atoms in total. The summed E-state index contributed by atoms with van der Waals surface area (Å²) in [6.07, 6.45) is 6.20. The summed E-state index contributed by atoms with van der Waals surface area (Å²) in [5, 5.41) is 16.4. The first-order valence-electron chi connectivity index (χ1n) is 26.4. The van der Waals surface area contributed by atoms with Crippen LogP contribution in [-0.2, 0) is 23.0 Å². The Kier molecular flexibility index (Phi) is 15.2. The molecule has 3 N–H and O–H groups in total. The fourth-order valence-corrected chi connectivity index (χ4v) is 12.9. The Labute approximate surface area is 446 Å². The van der Waals surface area contributed by atoms with Crippen LogP contribution >= 0.6 is 0 Å². The molecule has 2 saturated heterocycles. The third-order valence-corrected chi connectivity index (χ3v) is 17.7. The van der Waals surface area contributed by atoms with Gasteiger partial charge in [-0.2, -0.15) is 0 Å². The molecule has 1 atom stereocenters. The molecule has 0 bridgehead atoms. The first kappa shape index (κ1) is 53.9. The van der Waals surface area contributed by atoms with Gasteiger partial charge in [-0.3, -0.25) is 19.6 Å². The Hall–Kier alpha value is -6.48. The molecule has 1 amide bonds. The van der Waals surface area contributed by atoms with Gasteiger partial charge >= 0.3 is 6.36 Å². The van der Waals surface area contributed by atoms with Crippen molar-refractivity contribution in [2.45, 2.75) is 120 Å². The summed E-state index contributed by atoms with van der Waals surface area (Å²) in [6, 6.07) is 22.7. The number of piperazine rings is 1. The van der Waals surface area contributed by atoms with Gasteiger partial charge in [0.25, 0.3) is 15.9 Å². The number of benzene rings is 3. The lowest BCUT2D eigenvalue weighted by Crippen LogP contribution is -2.60. The number of nitrogens with one attached hydrogen (secondary N) is 2. The van der Waals surface area contributed by atoms with E-state index in [9.17, 15) is 40.8 Å². The Balaban J connectivity index is 0.822. The van der Waals surface area contributed by atoms with E-state index in [-0.39, 0.29) is 57.3 Å². The van der Waals surface area contributed by atoms with E-state index in [0.717, 1.165) is 94.8 Å². The summed E-state index contributed by atoms with van der Waals surface area (Å²) >= 11 is 0. The second-order valence-corrected chi connectivity index (χ2v) is 23.8. The summed E-state index contributed by atoms with van der Waals surface area (Å²) in [4.78, 5) is 41.4. The lowest BCUT2D eigenvalue weighted by molar-refractivity contribution is -0.274. The standard InChI is InChI=1S/C57H64F4N8O7S/c1-36(2)44-6-4-5-7-45(44)51-35-67(34-38-8-11-41(12-9-38)76-57(59,60)61)24-25-69(51)40-29-56(30-40)20-22-68(23-21-56)39-10-13-46(52(26-39)75-42-27-47-48(58)14-15-49(47)62-32-42)54(70)66-77(73,74)43-28-50(65-72)53(64-33-43)63-31-37-16-18-55(3,71)19-17-37/h4-14,26-28,32-33,36-37,40,51,71H,15-25,29-31,34-35H2,1-3H3,(H,63,64)(H,66,70)/t37-,51-,55-/m0/s1. The zero-order valence-electron chi connectivity index (χ0n) is 43.4. The van der Waals surface area contributed by atoms with Crippen molar-refractivity contribution in [1.82, 2.24) is 24.5 Å². The van der Waals surface area contributed by atoms with Gasteiger partial charge in [0.2, 0.25) is 0 Å². The van der Waals surface area contributed by atoms with Gasteiger partial charge in [0.05, 0.1) is 23.1 Å². The molecule has 10 rings (SSSR count). The van der Waals surface area contributed by atoms with Crippen LogP contribution in [0.3, 0.4) is 0 Å². The maximum Gasteiger partial charge on any atom is 0.573 e. The SMILES string of the molecule is CC(C)c1ccccc1[C@@H]1CN(Cc2ccc(OC(F)(F)F)cc2)CCN1C1CC2(CCN(c3ccc(C(=O)NS(=O)(=O)c4cnc(NC[C@H]5CC[C@](C)(O)CC5)c(N=O)c4)c(Oc4cnc5c(c4)C(F)=CC5)c3)CC2)C1. The van der Waals surface area contributed by atoms with Crippen LogP contribution in [0.15, 0.2) is 107 Å². The van der Waals surface area contributed by atoms with Crippen LogP contribution in [-0.4, -0.2) is 96.5 Å². The number of aromatic nitrogens is 2. The first-order valence-corrected chi connectivity index (χ1v) is 27.9. The van der Waals surface area contributed by atoms with Gasteiger partial charge in [0.15, 0.2) is 11.5 Å². The number of alkyl halides is 3. The molecule has 2 aliphatic heterocycles. The highest BCUT2D eigenvalue weighted by atomic mass is 32.2. The third kappa shape index (κ3) is 12.3. The van der Waals surface area contributed by atoms with Crippen LogP contribution in [0.5, 0.6) is 17.2 Å². The number of pyridine rings is 2. The highest BCUT2D eigenvalue weighted by Crippen LogP contribution is 2.53. The summed E-state index contributed by atoms with van der Waals surface area (Å²) in [5.41, 5.74) is 4.13. The second-order valence-electron chi connectivity index (χ2n) is 22.1. The van der Waals surface area contributed by atoms with E-state index >= 15 is 0 Å². The lowest BCUT2D eigenvalue weighted by atomic mass is 9.59. The number of piperidine rings is 1. The molecule has 5 aliphatic rings. The second kappa shape index (κ2) is 21.7. The van der Waals surface area contributed by atoms with Crippen molar-refractivity contribution in [1.29, 1.82) is 0 Å². The fourth-order valence-electron chi connectivity index (χ4n) is 12.0. The largest absolute Gasteiger partial charge is 0.573 e. The number of amides is 1. The van der Waals surface area contributed by atoms with E-state index in [1.165, 1.54) is 47.7 Å². The Morgan fingerprint density at radius 2 is 1.66 bits per heavy atom. The predicted molar refractivity (Wildman–Crippen MR) is 284 cm³/mol. The zero-order chi connectivity index (χ0) is 54.3. The first-order chi connectivity index (χ1) is 36.7. The molecule has 5 aromatic rings. The molecular formula is C57H64F4N8O7S. The summed E-state index contributed by atoms with van der Waals surface area (Å²) in [5.74, 6) is -0.890. The molecule has 20 heteroatoms. The number of allylic oxidation sites excluding steroid dienone is 1. The van der Waals surface area contributed by atoms with Crippen molar-refractivity contribution >= 4 is 38.9 Å². The van der Waals surface area contributed by atoms with Crippen molar-refractivity contribution in [2.24, 2.45) is 16.5 Å². The molecule has 2 saturated carbocycles. The molecule has 0 radical (unpaired) electrons.